The van der Waals surface area contributed by atoms with E-state index in [0.29, 0.717) is 30.0 Å². The lowest BCUT2D eigenvalue weighted by Crippen LogP contribution is -2.16. The van der Waals surface area contributed by atoms with Crippen molar-refractivity contribution in [2.24, 2.45) is 0 Å². The third-order valence-corrected chi connectivity index (χ3v) is 4.00. The number of nitrogens with zero attached hydrogens (tertiary/aromatic N) is 2. The molecule has 2 aromatic carbocycles. The summed E-state index contributed by atoms with van der Waals surface area (Å²) >= 11 is 0. The number of esters is 1. The first kappa shape index (κ1) is 19.2. The Kier molecular flexibility index (Phi) is 5.73. The summed E-state index contributed by atoms with van der Waals surface area (Å²) in [5, 5.41) is 10.8. The Hall–Kier alpha value is -3.62. The van der Waals surface area contributed by atoms with Crippen LogP contribution in [0.15, 0.2) is 51.7 Å². The number of fused-ring (bicyclic) bond motifs is 1. The minimum Gasteiger partial charge on any atom is -0.490 e. The minimum absolute atomic E-state index is 0.0759. The van der Waals surface area contributed by atoms with Crippen LogP contribution in [0.4, 0.5) is 5.69 Å². The van der Waals surface area contributed by atoms with Gasteiger partial charge in [0.25, 0.3) is 5.69 Å². The van der Waals surface area contributed by atoms with Crippen LogP contribution in [0, 0.1) is 10.1 Å². The number of nitro groups is 1. The largest absolute Gasteiger partial charge is 0.490 e. The number of nitro benzene ring substituents is 1. The Balaban J connectivity index is 1.64. The van der Waals surface area contributed by atoms with Crippen molar-refractivity contribution >= 4 is 22.8 Å². The van der Waals surface area contributed by atoms with Gasteiger partial charge >= 0.3 is 11.7 Å². The number of non-ortho nitro benzene ring substituents is 1. The van der Waals surface area contributed by atoms with Gasteiger partial charge in [0.05, 0.1) is 23.1 Å². The average Bonchev–Trinajstić information content (AvgIpc) is 2.98. The predicted octanol–water partition coefficient (Wildman–Crippen LogP) is 3.29. The minimum atomic E-state index is -0.634. The molecule has 0 atom stereocenters. The van der Waals surface area contributed by atoms with E-state index in [0.717, 1.165) is 0 Å². The first-order valence-corrected chi connectivity index (χ1v) is 8.70. The summed E-state index contributed by atoms with van der Waals surface area (Å²) in [7, 11) is 0. The van der Waals surface area contributed by atoms with Gasteiger partial charge < -0.3 is 13.9 Å². The van der Waals surface area contributed by atoms with Crippen LogP contribution in [0.25, 0.3) is 11.1 Å². The van der Waals surface area contributed by atoms with Gasteiger partial charge in [-0.1, -0.05) is 12.1 Å². The van der Waals surface area contributed by atoms with Crippen LogP contribution >= 0.6 is 0 Å². The van der Waals surface area contributed by atoms with Gasteiger partial charge in [-0.25, -0.2) is 4.79 Å². The molecule has 1 heterocycles. The molecule has 0 saturated carbocycles. The molecule has 0 aliphatic carbocycles. The third kappa shape index (κ3) is 4.20. The van der Waals surface area contributed by atoms with Crippen LogP contribution in [0.3, 0.4) is 0 Å². The highest BCUT2D eigenvalue weighted by Gasteiger charge is 2.15. The smallest absolute Gasteiger partial charge is 0.419 e. The average molecular weight is 386 g/mol. The Morgan fingerprint density at radius 1 is 1.21 bits per heavy atom. The highest BCUT2D eigenvalue weighted by Crippen LogP contribution is 2.27. The summed E-state index contributed by atoms with van der Waals surface area (Å²) in [6, 6.07) is 10.8. The molecular weight excluding hydrogens is 368 g/mol. The summed E-state index contributed by atoms with van der Waals surface area (Å²) in [5.74, 6) is -0.265. The van der Waals surface area contributed by atoms with E-state index in [1.54, 1.807) is 24.3 Å². The number of benzene rings is 2. The van der Waals surface area contributed by atoms with Crippen LogP contribution in [-0.4, -0.2) is 22.1 Å². The maximum atomic E-state index is 12.1. The molecule has 3 rings (SSSR count). The number of rotatable bonds is 8. The maximum absolute atomic E-state index is 12.1. The quantitative estimate of drug-likeness (QED) is 0.252. The molecule has 1 aromatic heterocycles. The van der Waals surface area contributed by atoms with E-state index in [2.05, 4.69) is 0 Å². The number of carbonyl (C=O) groups excluding carboxylic acids is 1. The second-order valence-corrected chi connectivity index (χ2v) is 5.89. The number of ether oxygens (including phenoxy) is 2. The zero-order valence-corrected chi connectivity index (χ0v) is 15.1. The number of hydrogen-bond donors (Lipinski definition) is 0. The number of aryl methyl sites for hydroxylation is 1. The summed E-state index contributed by atoms with van der Waals surface area (Å²) in [6.45, 7) is 2.50. The van der Waals surface area contributed by atoms with Gasteiger partial charge in [0.15, 0.2) is 17.1 Å². The van der Waals surface area contributed by atoms with E-state index in [9.17, 15) is 19.7 Å². The molecule has 0 spiro atoms. The predicted molar refractivity (Wildman–Crippen MR) is 99.6 cm³/mol. The van der Waals surface area contributed by atoms with Gasteiger partial charge in [0.1, 0.15) is 0 Å². The van der Waals surface area contributed by atoms with Crippen molar-refractivity contribution in [3.63, 3.8) is 0 Å². The number of hydrogen-bond acceptors (Lipinski definition) is 7. The first-order valence-electron chi connectivity index (χ1n) is 8.70. The van der Waals surface area contributed by atoms with Crippen LogP contribution < -0.4 is 15.2 Å². The molecule has 0 amide bonds. The fourth-order valence-electron chi connectivity index (χ4n) is 2.74. The third-order valence-electron chi connectivity index (χ3n) is 4.00. The van der Waals surface area contributed by atoms with E-state index in [1.165, 1.54) is 22.8 Å². The fraction of sp³-hybridized carbons (Fsp3) is 0.263. The van der Waals surface area contributed by atoms with Crippen LogP contribution in [-0.2, 0) is 11.3 Å². The van der Waals surface area contributed by atoms with E-state index in [-0.39, 0.29) is 24.2 Å². The second-order valence-electron chi connectivity index (χ2n) is 5.89. The molecular formula is C19H18N2O7. The highest BCUT2D eigenvalue weighted by molar-refractivity contribution is 5.76. The highest BCUT2D eigenvalue weighted by atomic mass is 16.6. The van der Waals surface area contributed by atoms with Crippen molar-refractivity contribution in [3.05, 3.63) is 63.1 Å². The first-order chi connectivity index (χ1) is 13.5. The molecule has 0 unspecified atom stereocenters. The second kappa shape index (κ2) is 8.38. The van der Waals surface area contributed by atoms with Gasteiger partial charge in [-0.05, 0) is 31.5 Å². The summed E-state index contributed by atoms with van der Waals surface area (Å²) in [4.78, 5) is 34.4. The summed E-state index contributed by atoms with van der Waals surface area (Å²) in [6.07, 6.45) is 0.410. The molecule has 9 nitrogen and oxygen atoms in total. The standard InChI is InChI=1S/C19H18N2O7/c1-2-26-15-6-3-4-7-16(15)27-18(22)8-5-11-20-14-10-9-13(21(24)25)12-17(14)28-19(20)23/h3-4,6-7,9-10,12H,2,5,8,11H2,1H3. The number of aromatic nitrogens is 1. The number of carbonyl (C=O) groups is 1. The molecule has 9 heteroatoms. The SMILES string of the molecule is CCOc1ccccc1OC(=O)CCCn1c(=O)oc2cc([N+](=O)[O-])ccc21. The van der Waals surface area contributed by atoms with E-state index in [1.807, 2.05) is 6.92 Å². The van der Waals surface area contributed by atoms with Crippen molar-refractivity contribution in [1.82, 2.24) is 4.57 Å². The molecule has 3 aromatic rings. The molecule has 0 radical (unpaired) electrons. The normalized spacial score (nSPS) is 10.8. The Bertz CT molecular complexity index is 1070. The molecule has 0 N–H and O–H groups in total. The zero-order valence-electron chi connectivity index (χ0n) is 15.1. The van der Waals surface area contributed by atoms with Crippen LogP contribution in [0.5, 0.6) is 11.5 Å². The van der Waals surface area contributed by atoms with Crippen molar-refractivity contribution in [2.45, 2.75) is 26.3 Å². The molecule has 0 saturated heterocycles. The van der Waals surface area contributed by atoms with Crippen LogP contribution in [0.2, 0.25) is 0 Å². The van der Waals surface area contributed by atoms with Crippen LogP contribution in [0.1, 0.15) is 19.8 Å². The van der Waals surface area contributed by atoms with E-state index >= 15 is 0 Å². The van der Waals surface area contributed by atoms with Crippen molar-refractivity contribution in [3.8, 4) is 11.5 Å². The Labute approximate surface area is 159 Å². The Morgan fingerprint density at radius 3 is 2.68 bits per heavy atom. The van der Waals surface area contributed by atoms with Gasteiger partial charge in [-0.3, -0.25) is 19.5 Å². The van der Waals surface area contributed by atoms with Crippen molar-refractivity contribution < 1.29 is 23.6 Å². The van der Waals surface area contributed by atoms with Gasteiger partial charge in [0.2, 0.25) is 0 Å². The lowest BCUT2D eigenvalue weighted by atomic mass is 10.2. The number of para-hydroxylation sites is 2. The van der Waals surface area contributed by atoms with Crippen molar-refractivity contribution in [1.29, 1.82) is 0 Å². The van der Waals surface area contributed by atoms with E-state index < -0.39 is 16.6 Å². The van der Waals surface area contributed by atoms with Gasteiger partial charge in [0, 0.05) is 19.0 Å². The topological polar surface area (TPSA) is 114 Å². The molecule has 28 heavy (non-hydrogen) atoms. The maximum Gasteiger partial charge on any atom is 0.419 e. The molecule has 0 aliphatic heterocycles. The molecule has 0 fully saturated rings. The lowest BCUT2D eigenvalue weighted by molar-refractivity contribution is -0.384. The summed E-state index contributed by atoms with van der Waals surface area (Å²) in [5.41, 5.74) is 0.406. The Morgan fingerprint density at radius 2 is 1.96 bits per heavy atom. The van der Waals surface area contributed by atoms with E-state index in [4.69, 9.17) is 13.9 Å². The van der Waals surface area contributed by atoms with Gasteiger partial charge in [-0.15, -0.1) is 0 Å². The number of oxazole rings is 1. The monoisotopic (exact) mass is 386 g/mol. The van der Waals surface area contributed by atoms with Crippen molar-refractivity contribution in [2.75, 3.05) is 6.61 Å². The molecule has 146 valence electrons. The zero-order chi connectivity index (χ0) is 20.1. The molecule has 0 aliphatic rings. The summed E-state index contributed by atoms with van der Waals surface area (Å²) < 4.78 is 17.1. The van der Waals surface area contributed by atoms with Gasteiger partial charge in [-0.2, -0.15) is 0 Å². The fourth-order valence-corrected chi connectivity index (χ4v) is 2.74. The molecule has 0 bridgehead atoms. The lowest BCUT2D eigenvalue weighted by Gasteiger charge is -2.10.